The Morgan fingerprint density at radius 2 is 0.659 bits per heavy atom. The van der Waals surface area contributed by atoms with Crippen molar-refractivity contribution in [1.82, 2.24) is 0 Å². The van der Waals surface area contributed by atoms with Crippen LogP contribution >= 0.6 is 7.26 Å². The molecule has 0 spiro atoms. The summed E-state index contributed by atoms with van der Waals surface area (Å²) >= 11 is 0. The summed E-state index contributed by atoms with van der Waals surface area (Å²) in [5, 5.41) is 5.49. The molecular formula is C42H41BP+. The molecule has 6 aromatic carbocycles. The Kier molecular flexibility index (Phi) is 8.44. The molecule has 0 unspecified atom stereocenters. The van der Waals surface area contributed by atoms with E-state index in [0.29, 0.717) is 0 Å². The Morgan fingerprint density at radius 1 is 0.364 bits per heavy atom. The molecule has 0 fully saturated rings. The number of hydrogen-bond donors (Lipinski definition) is 0. The molecule has 0 radical (unpaired) electrons. The summed E-state index contributed by atoms with van der Waals surface area (Å²) in [4.78, 5) is 0. The van der Waals surface area contributed by atoms with E-state index in [2.05, 4.69) is 181 Å². The van der Waals surface area contributed by atoms with E-state index in [1.54, 1.807) is 0 Å². The van der Waals surface area contributed by atoms with Gasteiger partial charge in [-0.25, -0.2) is 0 Å². The zero-order valence-electron chi connectivity index (χ0n) is 26.8. The standard InChI is InChI=1S/C42H41BP/c1-30-26-32(3)41(33(4)27-30)43(42-34(5)28-31(2)29-35(42)6)36-22-24-40(25-23-36)44(37-16-10-7-11-17-37,38-18-12-8-13-19-38)39-20-14-9-15-21-39/h7-29H,1-6H3/q+1. The van der Waals surface area contributed by atoms with Gasteiger partial charge in [0, 0.05) is 0 Å². The van der Waals surface area contributed by atoms with Crippen LogP contribution in [-0.2, 0) is 0 Å². The average molecular weight is 588 g/mol. The number of rotatable bonds is 7. The van der Waals surface area contributed by atoms with E-state index in [1.165, 1.54) is 71.0 Å². The minimum atomic E-state index is -2.15. The molecule has 0 N–H and O–H groups in total. The van der Waals surface area contributed by atoms with Crippen molar-refractivity contribution in [1.29, 1.82) is 0 Å². The fourth-order valence-electron chi connectivity index (χ4n) is 7.51. The number of benzene rings is 6. The second kappa shape index (κ2) is 12.4. The predicted molar refractivity (Wildman–Crippen MR) is 197 cm³/mol. The van der Waals surface area contributed by atoms with Crippen molar-refractivity contribution >= 4 is 51.6 Å². The van der Waals surface area contributed by atoms with Crippen molar-refractivity contribution in [3.8, 4) is 0 Å². The zero-order valence-corrected chi connectivity index (χ0v) is 27.7. The van der Waals surface area contributed by atoms with E-state index >= 15 is 0 Å². The SMILES string of the molecule is Cc1cc(C)c(B(c2ccc([P+](c3ccccc3)(c3ccccc3)c3ccccc3)cc2)c2c(C)cc(C)cc2C)c(C)c1. The van der Waals surface area contributed by atoms with Crippen LogP contribution in [0, 0.1) is 41.5 Å². The third-order valence-electron chi connectivity index (χ3n) is 9.10. The molecule has 0 atom stereocenters. The lowest BCUT2D eigenvalue weighted by Gasteiger charge is -2.28. The summed E-state index contributed by atoms with van der Waals surface area (Å²) in [7, 11) is -2.15. The lowest BCUT2D eigenvalue weighted by molar-refractivity contribution is 1.34. The van der Waals surface area contributed by atoms with Crippen molar-refractivity contribution in [2.45, 2.75) is 41.5 Å². The van der Waals surface area contributed by atoms with Gasteiger partial charge in [0.05, 0.1) is 0 Å². The van der Waals surface area contributed by atoms with E-state index in [9.17, 15) is 0 Å². The van der Waals surface area contributed by atoms with Crippen molar-refractivity contribution in [2.75, 3.05) is 0 Å². The van der Waals surface area contributed by atoms with Crippen molar-refractivity contribution in [2.24, 2.45) is 0 Å². The highest BCUT2D eigenvalue weighted by molar-refractivity contribution is 8.01. The minimum absolute atomic E-state index is 0.156. The van der Waals surface area contributed by atoms with Crippen molar-refractivity contribution in [3.05, 3.63) is 173 Å². The molecule has 0 aliphatic carbocycles. The van der Waals surface area contributed by atoms with Crippen molar-refractivity contribution in [3.63, 3.8) is 0 Å². The maximum Gasteiger partial charge on any atom is 0.242 e. The Balaban J connectivity index is 1.62. The molecule has 6 rings (SSSR count). The summed E-state index contributed by atoms with van der Waals surface area (Å²) in [5.41, 5.74) is 12.3. The van der Waals surface area contributed by atoms with Gasteiger partial charge >= 0.3 is 0 Å². The highest BCUT2D eigenvalue weighted by atomic mass is 31.2. The van der Waals surface area contributed by atoms with Crippen molar-refractivity contribution < 1.29 is 0 Å². The van der Waals surface area contributed by atoms with Gasteiger partial charge in [-0.3, -0.25) is 0 Å². The molecule has 0 amide bonds. The Hall–Kier alpha value is -4.19. The first kappa shape index (κ1) is 29.9. The highest BCUT2D eigenvalue weighted by Gasteiger charge is 2.47. The lowest BCUT2D eigenvalue weighted by atomic mass is 9.34. The van der Waals surface area contributed by atoms with Crippen LogP contribution in [0.5, 0.6) is 0 Å². The molecule has 0 aliphatic heterocycles. The van der Waals surface area contributed by atoms with Crippen LogP contribution in [0.15, 0.2) is 140 Å². The topological polar surface area (TPSA) is 0 Å². The van der Waals surface area contributed by atoms with Gasteiger partial charge in [-0.1, -0.05) is 141 Å². The number of hydrogen-bond acceptors (Lipinski definition) is 0. The van der Waals surface area contributed by atoms with Gasteiger partial charge in [-0.05, 0) is 90.1 Å². The molecule has 0 aromatic heterocycles. The molecule has 2 heteroatoms. The molecular weight excluding hydrogens is 546 g/mol. The average Bonchev–Trinajstić information content (AvgIpc) is 3.02. The van der Waals surface area contributed by atoms with Gasteiger partial charge in [-0.15, -0.1) is 0 Å². The molecule has 0 saturated carbocycles. The highest BCUT2D eigenvalue weighted by Crippen LogP contribution is 2.54. The van der Waals surface area contributed by atoms with E-state index in [4.69, 9.17) is 0 Å². The summed E-state index contributed by atoms with van der Waals surface area (Å²) < 4.78 is 0. The first-order valence-corrected chi connectivity index (χ1v) is 17.4. The van der Waals surface area contributed by atoms with Crippen LogP contribution in [0.3, 0.4) is 0 Å². The summed E-state index contributed by atoms with van der Waals surface area (Å²) in [5.74, 6) is 0. The fraction of sp³-hybridized carbons (Fsp3) is 0.143. The molecule has 0 saturated heterocycles. The predicted octanol–water partition coefficient (Wildman–Crippen LogP) is 6.67. The van der Waals surface area contributed by atoms with Gasteiger partial charge in [0.2, 0.25) is 6.71 Å². The van der Waals surface area contributed by atoms with Crippen LogP contribution < -0.4 is 37.6 Å². The molecule has 0 heterocycles. The molecule has 0 aliphatic rings. The monoisotopic (exact) mass is 587 g/mol. The summed E-state index contributed by atoms with van der Waals surface area (Å²) in [6.45, 7) is 13.7. The van der Waals surface area contributed by atoms with Crippen LogP contribution in [0.25, 0.3) is 0 Å². The summed E-state index contributed by atoms with van der Waals surface area (Å²) in [6, 6.07) is 52.5. The molecule has 216 valence electrons. The van der Waals surface area contributed by atoms with Crippen LogP contribution in [0.4, 0.5) is 0 Å². The Morgan fingerprint density at radius 3 is 0.977 bits per heavy atom. The van der Waals surface area contributed by atoms with Gasteiger partial charge in [-0.2, -0.15) is 0 Å². The third kappa shape index (κ3) is 5.36. The quantitative estimate of drug-likeness (QED) is 0.145. The van der Waals surface area contributed by atoms with Crippen LogP contribution in [0.1, 0.15) is 33.4 Å². The largest absolute Gasteiger partial charge is 0.242 e. The van der Waals surface area contributed by atoms with Gasteiger partial charge in [0.25, 0.3) is 0 Å². The smallest absolute Gasteiger partial charge is 0.0683 e. The minimum Gasteiger partial charge on any atom is -0.0683 e. The fourth-order valence-corrected chi connectivity index (χ4v) is 11.8. The maximum atomic E-state index is 2.43. The van der Waals surface area contributed by atoms with Gasteiger partial charge in [0.1, 0.15) is 28.5 Å². The molecule has 6 aromatic rings. The molecule has 0 bridgehead atoms. The van der Waals surface area contributed by atoms with Crippen LogP contribution in [0.2, 0.25) is 0 Å². The maximum absolute atomic E-state index is 2.43. The van der Waals surface area contributed by atoms with E-state index < -0.39 is 7.26 Å². The second-order valence-corrected chi connectivity index (χ2v) is 15.7. The van der Waals surface area contributed by atoms with E-state index in [1.807, 2.05) is 0 Å². The van der Waals surface area contributed by atoms with Crippen LogP contribution in [-0.4, -0.2) is 6.71 Å². The molecule has 0 nitrogen and oxygen atoms in total. The number of aryl methyl sites for hydroxylation is 6. The van der Waals surface area contributed by atoms with E-state index in [-0.39, 0.29) is 6.71 Å². The van der Waals surface area contributed by atoms with Gasteiger partial charge in [0.15, 0.2) is 0 Å². The Labute approximate surface area is 265 Å². The second-order valence-electron chi connectivity index (χ2n) is 12.3. The molecule has 44 heavy (non-hydrogen) atoms. The normalized spacial score (nSPS) is 11.4. The first-order valence-electron chi connectivity index (χ1n) is 15.6. The summed E-state index contributed by atoms with van der Waals surface area (Å²) in [6.07, 6.45) is 0. The van der Waals surface area contributed by atoms with Gasteiger partial charge < -0.3 is 0 Å². The Bertz CT molecular complexity index is 1690. The third-order valence-corrected chi connectivity index (χ3v) is 13.4. The zero-order chi connectivity index (χ0) is 30.8. The van der Waals surface area contributed by atoms with E-state index in [0.717, 1.165) is 0 Å². The lowest BCUT2D eigenvalue weighted by Crippen LogP contribution is -2.56. The first-order chi connectivity index (χ1) is 21.3.